The van der Waals surface area contributed by atoms with Crippen LogP contribution in [-0.2, 0) is 18.9 Å². The second kappa shape index (κ2) is 6.30. The SMILES string of the molecule is CS(=O)(=O)CCCOc1ccc(S(=O)(=O)Cl)cc1Cl. The third-order valence-corrected chi connectivity index (χ3v) is 4.78. The predicted octanol–water partition coefficient (Wildman–Crippen LogP) is 2.08. The van der Waals surface area contributed by atoms with Crippen molar-refractivity contribution < 1.29 is 21.6 Å². The van der Waals surface area contributed by atoms with Crippen LogP contribution in [-0.4, -0.2) is 35.5 Å². The van der Waals surface area contributed by atoms with Gasteiger partial charge in [-0.3, -0.25) is 0 Å². The molecule has 0 heterocycles. The fraction of sp³-hybridized carbons (Fsp3) is 0.400. The molecule has 9 heteroatoms. The molecule has 0 saturated heterocycles. The van der Waals surface area contributed by atoms with Crippen molar-refractivity contribution in [1.82, 2.24) is 0 Å². The van der Waals surface area contributed by atoms with Gasteiger partial charge in [-0.15, -0.1) is 0 Å². The maximum atomic E-state index is 11.1. The van der Waals surface area contributed by atoms with E-state index in [1.165, 1.54) is 18.2 Å². The first-order valence-corrected chi connectivity index (χ1v) is 9.89. The Morgan fingerprint density at radius 1 is 1.21 bits per heavy atom. The summed E-state index contributed by atoms with van der Waals surface area (Å²) in [6.07, 6.45) is 1.46. The molecule has 0 atom stereocenters. The summed E-state index contributed by atoms with van der Waals surface area (Å²) in [6, 6.07) is 3.81. The van der Waals surface area contributed by atoms with Gasteiger partial charge in [0.15, 0.2) is 0 Å². The fourth-order valence-electron chi connectivity index (χ4n) is 1.25. The van der Waals surface area contributed by atoms with Gasteiger partial charge in [0.2, 0.25) is 0 Å². The molecule has 1 aromatic rings. The second-order valence-electron chi connectivity index (χ2n) is 3.86. The highest BCUT2D eigenvalue weighted by atomic mass is 35.7. The Morgan fingerprint density at radius 3 is 2.32 bits per heavy atom. The number of benzene rings is 1. The number of rotatable bonds is 6. The van der Waals surface area contributed by atoms with E-state index in [0.717, 1.165) is 6.26 Å². The molecule has 19 heavy (non-hydrogen) atoms. The maximum Gasteiger partial charge on any atom is 0.261 e. The van der Waals surface area contributed by atoms with Crippen LogP contribution < -0.4 is 4.74 Å². The normalized spacial score (nSPS) is 12.4. The molecular formula is C10H12Cl2O5S2. The monoisotopic (exact) mass is 346 g/mol. The zero-order valence-electron chi connectivity index (χ0n) is 9.97. The summed E-state index contributed by atoms with van der Waals surface area (Å²) in [5, 5.41) is 0.0982. The molecule has 0 aliphatic rings. The molecule has 0 bridgehead atoms. The molecule has 0 aliphatic carbocycles. The minimum Gasteiger partial charge on any atom is -0.492 e. The standard InChI is InChI=1S/C10H12Cl2O5S2/c1-18(13,14)6-2-5-17-10-4-3-8(7-9(10)11)19(12,15)16/h3-4,7H,2,5-6H2,1H3. The van der Waals surface area contributed by atoms with Gasteiger partial charge in [-0.05, 0) is 24.6 Å². The van der Waals surface area contributed by atoms with Crippen LogP contribution in [0.2, 0.25) is 5.02 Å². The first-order chi connectivity index (χ1) is 8.59. The van der Waals surface area contributed by atoms with Crippen molar-refractivity contribution in [2.45, 2.75) is 11.3 Å². The van der Waals surface area contributed by atoms with Crippen LogP contribution in [0.25, 0.3) is 0 Å². The molecule has 5 nitrogen and oxygen atoms in total. The van der Waals surface area contributed by atoms with Gasteiger partial charge in [-0.25, -0.2) is 16.8 Å². The summed E-state index contributed by atoms with van der Waals surface area (Å²) in [5.74, 6) is 0.290. The summed E-state index contributed by atoms with van der Waals surface area (Å²) in [5.41, 5.74) is 0. The third kappa shape index (κ3) is 5.99. The van der Waals surface area contributed by atoms with Crippen LogP contribution >= 0.6 is 22.3 Å². The largest absolute Gasteiger partial charge is 0.492 e. The van der Waals surface area contributed by atoms with Gasteiger partial charge in [0.05, 0.1) is 22.3 Å². The Kier molecular flexibility index (Phi) is 5.49. The van der Waals surface area contributed by atoms with E-state index in [1.807, 2.05) is 0 Å². The number of hydrogen-bond acceptors (Lipinski definition) is 5. The highest BCUT2D eigenvalue weighted by Gasteiger charge is 2.13. The average molecular weight is 347 g/mol. The Hall–Kier alpha value is -0.500. The lowest BCUT2D eigenvalue weighted by Gasteiger charge is -2.08. The van der Waals surface area contributed by atoms with Crippen molar-refractivity contribution >= 4 is 41.2 Å². The predicted molar refractivity (Wildman–Crippen MR) is 74.3 cm³/mol. The quantitative estimate of drug-likeness (QED) is 0.582. The van der Waals surface area contributed by atoms with Crippen molar-refractivity contribution in [3.8, 4) is 5.75 Å². The van der Waals surface area contributed by atoms with Crippen LogP contribution in [0.4, 0.5) is 0 Å². The van der Waals surface area contributed by atoms with Crippen LogP contribution in [0.5, 0.6) is 5.75 Å². The molecule has 108 valence electrons. The molecule has 1 rings (SSSR count). The maximum absolute atomic E-state index is 11.1. The van der Waals surface area contributed by atoms with Crippen molar-refractivity contribution in [1.29, 1.82) is 0 Å². The van der Waals surface area contributed by atoms with Gasteiger partial charge < -0.3 is 4.74 Å². The van der Waals surface area contributed by atoms with Crippen LogP contribution in [0.3, 0.4) is 0 Å². The summed E-state index contributed by atoms with van der Waals surface area (Å²) in [4.78, 5) is -0.123. The number of ether oxygens (including phenoxy) is 1. The molecule has 0 aromatic heterocycles. The minimum absolute atomic E-state index is 0.0127. The van der Waals surface area contributed by atoms with E-state index < -0.39 is 18.9 Å². The number of halogens is 2. The van der Waals surface area contributed by atoms with Crippen LogP contribution in [0.15, 0.2) is 23.1 Å². The molecule has 0 saturated carbocycles. The zero-order chi connectivity index (χ0) is 14.7. The average Bonchev–Trinajstić information content (AvgIpc) is 2.23. The highest BCUT2D eigenvalue weighted by Crippen LogP contribution is 2.28. The van der Waals surface area contributed by atoms with E-state index in [1.54, 1.807) is 0 Å². The molecule has 0 amide bonds. The van der Waals surface area contributed by atoms with Crippen molar-refractivity contribution in [3.63, 3.8) is 0 Å². The van der Waals surface area contributed by atoms with Crippen molar-refractivity contribution in [2.75, 3.05) is 18.6 Å². The molecule has 0 N–H and O–H groups in total. The van der Waals surface area contributed by atoms with Gasteiger partial charge in [0.25, 0.3) is 9.05 Å². The molecule has 0 radical (unpaired) electrons. The molecular weight excluding hydrogens is 335 g/mol. The van der Waals surface area contributed by atoms with E-state index in [0.29, 0.717) is 6.42 Å². The molecule has 0 fully saturated rings. The Balaban J connectivity index is 2.66. The van der Waals surface area contributed by atoms with Crippen molar-refractivity contribution in [3.05, 3.63) is 23.2 Å². The molecule has 0 aliphatic heterocycles. The van der Waals surface area contributed by atoms with Gasteiger partial charge >= 0.3 is 0 Å². The smallest absolute Gasteiger partial charge is 0.261 e. The first-order valence-electron chi connectivity index (χ1n) is 5.14. The van der Waals surface area contributed by atoms with E-state index in [-0.39, 0.29) is 28.0 Å². The Bertz CT molecular complexity index is 652. The van der Waals surface area contributed by atoms with Gasteiger partial charge in [0.1, 0.15) is 15.6 Å². The fourth-order valence-corrected chi connectivity index (χ4v) is 2.97. The summed E-state index contributed by atoms with van der Waals surface area (Å²) < 4.78 is 49.2. The van der Waals surface area contributed by atoms with Crippen LogP contribution in [0.1, 0.15) is 6.42 Å². The first kappa shape index (κ1) is 16.6. The van der Waals surface area contributed by atoms with E-state index in [2.05, 4.69) is 0 Å². The second-order valence-corrected chi connectivity index (χ2v) is 9.09. The summed E-state index contributed by atoms with van der Waals surface area (Å²) in [6.45, 7) is 0.166. The van der Waals surface area contributed by atoms with Gasteiger partial charge in [0, 0.05) is 16.9 Å². The molecule has 0 spiro atoms. The minimum atomic E-state index is -3.83. The lowest BCUT2D eigenvalue weighted by molar-refractivity contribution is 0.317. The lowest BCUT2D eigenvalue weighted by atomic mass is 10.3. The lowest BCUT2D eigenvalue weighted by Crippen LogP contribution is -2.08. The van der Waals surface area contributed by atoms with E-state index in [4.69, 9.17) is 27.0 Å². The van der Waals surface area contributed by atoms with Gasteiger partial charge in [-0.1, -0.05) is 11.6 Å². The summed E-state index contributed by atoms with van der Waals surface area (Å²) >= 11 is 5.84. The highest BCUT2D eigenvalue weighted by molar-refractivity contribution is 8.13. The van der Waals surface area contributed by atoms with Crippen LogP contribution in [0, 0.1) is 0 Å². The Labute approximate surface area is 121 Å². The van der Waals surface area contributed by atoms with E-state index in [9.17, 15) is 16.8 Å². The molecule has 0 unspecified atom stereocenters. The number of sulfone groups is 1. The topological polar surface area (TPSA) is 77.5 Å². The molecule has 1 aromatic carbocycles. The number of hydrogen-bond donors (Lipinski definition) is 0. The summed E-state index contributed by atoms with van der Waals surface area (Å²) in [7, 11) is -1.69. The third-order valence-electron chi connectivity index (χ3n) is 2.10. The van der Waals surface area contributed by atoms with E-state index >= 15 is 0 Å². The van der Waals surface area contributed by atoms with Crippen molar-refractivity contribution in [2.24, 2.45) is 0 Å². The Morgan fingerprint density at radius 2 is 1.84 bits per heavy atom. The zero-order valence-corrected chi connectivity index (χ0v) is 13.1. The van der Waals surface area contributed by atoms with Gasteiger partial charge in [-0.2, -0.15) is 0 Å².